The van der Waals surface area contributed by atoms with E-state index in [1.807, 2.05) is 48.5 Å². The minimum Gasteiger partial charge on any atom is -0.422 e. The molecule has 324 valence electrons. The SMILES string of the molecule is CC1(C)CCN2CCC(C)(C)c3c2c1cc1cc(-c2cccc(-c4cccc5c(-c6ccc7cc(-c8cc9c%10ccccc%10c%10ccccc%10c9oc8=O)ccc7c6)cccc45)c2)c(=O)oc31. The van der Waals surface area contributed by atoms with Crippen molar-refractivity contribution in [1.82, 2.24) is 0 Å². The van der Waals surface area contributed by atoms with Gasteiger partial charge in [-0.1, -0.05) is 155 Å². The third-order valence-electron chi connectivity index (χ3n) is 15.2. The molecule has 4 heterocycles. The highest BCUT2D eigenvalue weighted by atomic mass is 16.4. The van der Waals surface area contributed by atoms with Gasteiger partial charge in [0.05, 0.1) is 11.1 Å². The second-order valence-corrected chi connectivity index (χ2v) is 20.1. The maximum absolute atomic E-state index is 14.1. The summed E-state index contributed by atoms with van der Waals surface area (Å²) < 4.78 is 12.6. The van der Waals surface area contributed by atoms with Gasteiger partial charge in [-0.15, -0.1) is 0 Å². The van der Waals surface area contributed by atoms with E-state index in [9.17, 15) is 9.59 Å². The topological polar surface area (TPSA) is 63.7 Å². The Balaban J connectivity index is 0.871. The zero-order chi connectivity index (χ0) is 45.3. The van der Waals surface area contributed by atoms with Crippen molar-refractivity contribution < 1.29 is 8.83 Å². The molecule has 13 rings (SSSR count). The lowest BCUT2D eigenvalue weighted by molar-refractivity contribution is 0.398. The van der Waals surface area contributed by atoms with Crippen LogP contribution in [0.15, 0.2) is 182 Å². The van der Waals surface area contributed by atoms with E-state index in [4.69, 9.17) is 8.83 Å². The molecular weight excluding hydrogens is 823 g/mol. The summed E-state index contributed by atoms with van der Waals surface area (Å²) in [5.41, 5.74) is 11.5. The fraction of sp³-hybridized carbons (Fsp3) is 0.161. The average Bonchev–Trinajstić information content (AvgIpc) is 3.34. The number of benzene rings is 9. The summed E-state index contributed by atoms with van der Waals surface area (Å²) >= 11 is 0. The molecule has 2 aliphatic heterocycles. The fourth-order valence-corrected chi connectivity index (χ4v) is 11.5. The van der Waals surface area contributed by atoms with Crippen LogP contribution in [0.25, 0.3) is 110 Å². The Bertz CT molecular complexity index is 4050. The maximum atomic E-state index is 14.1. The highest BCUT2D eigenvalue weighted by molar-refractivity contribution is 6.24. The number of hydrogen-bond donors (Lipinski definition) is 0. The van der Waals surface area contributed by atoms with Gasteiger partial charge in [-0.25, -0.2) is 9.59 Å². The van der Waals surface area contributed by atoms with E-state index in [0.29, 0.717) is 16.7 Å². The van der Waals surface area contributed by atoms with Crippen LogP contribution in [0.3, 0.4) is 0 Å². The fourth-order valence-electron chi connectivity index (χ4n) is 11.5. The lowest BCUT2D eigenvalue weighted by Crippen LogP contribution is -2.44. The van der Waals surface area contributed by atoms with Gasteiger partial charge >= 0.3 is 11.3 Å². The highest BCUT2D eigenvalue weighted by Gasteiger charge is 2.42. The van der Waals surface area contributed by atoms with Crippen LogP contribution >= 0.6 is 0 Å². The molecule has 5 nitrogen and oxygen atoms in total. The summed E-state index contributed by atoms with van der Waals surface area (Å²) in [4.78, 5) is 30.3. The zero-order valence-electron chi connectivity index (χ0n) is 38.0. The molecule has 0 amide bonds. The molecule has 0 spiro atoms. The van der Waals surface area contributed by atoms with E-state index in [1.54, 1.807) is 0 Å². The first-order valence-corrected chi connectivity index (χ1v) is 23.5. The van der Waals surface area contributed by atoms with Gasteiger partial charge in [0, 0.05) is 40.5 Å². The van der Waals surface area contributed by atoms with Crippen LogP contribution in [0.2, 0.25) is 0 Å². The number of fused-ring (bicyclic) bond motifs is 10. The van der Waals surface area contributed by atoms with Crippen molar-refractivity contribution in [3.63, 3.8) is 0 Å². The van der Waals surface area contributed by atoms with E-state index in [-0.39, 0.29) is 22.1 Å². The molecular formula is C62H47NO4. The lowest BCUT2D eigenvalue weighted by atomic mass is 9.69. The first kappa shape index (κ1) is 39.6. The Morgan fingerprint density at radius 3 is 1.55 bits per heavy atom. The second kappa shape index (κ2) is 14.4. The molecule has 0 unspecified atom stereocenters. The van der Waals surface area contributed by atoms with Gasteiger partial charge in [0.25, 0.3) is 0 Å². The molecule has 2 aromatic heterocycles. The lowest BCUT2D eigenvalue weighted by Gasteiger charge is -2.48. The summed E-state index contributed by atoms with van der Waals surface area (Å²) in [5, 5.41) is 10.5. The van der Waals surface area contributed by atoms with Gasteiger partial charge in [0.15, 0.2) is 0 Å². The van der Waals surface area contributed by atoms with E-state index < -0.39 is 0 Å². The van der Waals surface area contributed by atoms with E-state index in [0.717, 1.165) is 119 Å². The Hall–Kier alpha value is -7.76. The minimum atomic E-state index is -0.353. The highest BCUT2D eigenvalue weighted by Crippen LogP contribution is 2.52. The third kappa shape index (κ3) is 6.07. The van der Waals surface area contributed by atoms with Crippen LogP contribution in [0.4, 0.5) is 5.69 Å². The van der Waals surface area contributed by atoms with Crippen molar-refractivity contribution in [2.24, 2.45) is 0 Å². The van der Waals surface area contributed by atoms with Crippen molar-refractivity contribution in [2.45, 2.75) is 51.4 Å². The van der Waals surface area contributed by atoms with Gasteiger partial charge in [-0.3, -0.25) is 0 Å². The number of hydrogen-bond acceptors (Lipinski definition) is 5. The van der Waals surface area contributed by atoms with Crippen molar-refractivity contribution in [3.8, 4) is 44.5 Å². The quantitative estimate of drug-likeness (QED) is 0.130. The molecule has 2 aliphatic rings. The van der Waals surface area contributed by atoms with Crippen molar-refractivity contribution in [1.29, 1.82) is 0 Å². The molecule has 0 aliphatic carbocycles. The van der Waals surface area contributed by atoms with Gasteiger partial charge in [0.2, 0.25) is 0 Å². The normalized spacial score (nSPS) is 15.3. The molecule has 0 atom stereocenters. The van der Waals surface area contributed by atoms with Crippen LogP contribution in [0, 0.1) is 0 Å². The molecule has 0 saturated heterocycles. The molecule has 5 heteroatoms. The van der Waals surface area contributed by atoms with E-state index >= 15 is 0 Å². The monoisotopic (exact) mass is 869 g/mol. The molecule has 9 aromatic carbocycles. The van der Waals surface area contributed by atoms with E-state index in [1.165, 1.54) is 16.8 Å². The molecule has 0 radical (unpaired) electrons. The van der Waals surface area contributed by atoms with Crippen LogP contribution in [-0.2, 0) is 10.8 Å². The number of nitrogens with zero attached hydrogens (tertiary/aromatic N) is 1. The molecule has 0 fully saturated rings. The Morgan fingerprint density at radius 1 is 0.403 bits per heavy atom. The van der Waals surface area contributed by atoms with Gasteiger partial charge in [0.1, 0.15) is 11.2 Å². The van der Waals surface area contributed by atoms with Crippen molar-refractivity contribution in [3.05, 3.63) is 196 Å². The molecule has 0 N–H and O–H groups in total. The standard InChI is InChI=1S/C62H47NO4/c1-61(2)26-28-63-29-27-62(3,4)55-56(63)54(61)34-42-33-51(59(64)66-57(42)55)39-13-9-12-38(32-39)43-18-10-21-46-44(19-11-20-45(43)46)40-24-22-37-31-41(25-23-36(37)30-40)52-35-53-49-16-6-5-14-47(49)48-15-7-8-17-50(48)58(53)67-60(52)65/h5-25,30-35H,26-29H2,1-4H3. The summed E-state index contributed by atoms with van der Waals surface area (Å²) in [7, 11) is 0. The second-order valence-electron chi connectivity index (χ2n) is 20.1. The summed E-state index contributed by atoms with van der Waals surface area (Å²) in [5.74, 6) is 0. The Kier molecular flexibility index (Phi) is 8.49. The van der Waals surface area contributed by atoms with Gasteiger partial charge in [-0.05, 0) is 137 Å². The average molecular weight is 870 g/mol. The molecule has 0 bridgehead atoms. The van der Waals surface area contributed by atoms with E-state index in [2.05, 4.69) is 148 Å². The summed E-state index contributed by atoms with van der Waals surface area (Å²) in [6, 6.07) is 56.8. The molecule has 0 saturated carbocycles. The van der Waals surface area contributed by atoms with Gasteiger partial charge < -0.3 is 13.7 Å². The predicted molar refractivity (Wildman–Crippen MR) is 278 cm³/mol. The number of rotatable bonds is 4. The number of anilines is 1. The summed E-state index contributed by atoms with van der Waals surface area (Å²) in [6.45, 7) is 11.3. The van der Waals surface area contributed by atoms with Gasteiger partial charge in [-0.2, -0.15) is 0 Å². The van der Waals surface area contributed by atoms with Crippen LogP contribution < -0.4 is 16.2 Å². The maximum Gasteiger partial charge on any atom is 0.344 e. The smallest absolute Gasteiger partial charge is 0.344 e. The largest absolute Gasteiger partial charge is 0.422 e. The Morgan fingerprint density at radius 2 is 0.896 bits per heavy atom. The van der Waals surface area contributed by atoms with Crippen molar-refractivity contribution >= 4 is 70.7 Å². The van der Waals surface area contributed by atoms with Crippen molar-refractivity contribution in [2.75, 3.05) is 18.0 Å². The first-order chi connectivity index (χ1) is 32.5. The minimum absolute atomic E-state index is 0.0209. The third-order valence-corrected chi connectivity index (χ3v) is 15.2. The molecule has 67 heavy (non-hydrogen) atoms. The predicted octanol–water partition coefficient (Wildman–Crippen LogP) is 15.3. The summed E-state index contributed by atoms with van der Waals surface area (Å²) in [6.07, 6.45) is 2.11. The zero-order valence-corrected chi connectivity index (χ0v) is 38.0. The van der Waals surface area contributed by atoms with Crippen LogP contribution in [0.1, 0.15) is 51.7 Å². The molecule has 11 aromatic rings. The van der Waals surface area contributed by atoms with Crippen LogP contribution in [-0.4, -0.2) is 13.1 Å². The first-order valence-electron chi connectivity index (χ1n) is 23.5. The Labute approximate surface area is 387 Å². The van der Waals surface area contributed by atoms with Crippen LogP contribution in [0.5, 0.6) is 0 Å².